The topological polar surface area (TPSA) is 20.3 Å². The number of carbonyl (C=O) groups excluding carboxylic acids is 1. The molecule has 2 fully saturated rings. The van der Waals surface area contributed by atoms with Crippen molar-refractivity contribution < 1.29 is 4.79 Å². The van der Waals surface area contributed by atoms with Crippen molar-refractivity contribution in [2.75, 3.05) is 7.05 Å². The molecule has 2 nitrogen and oxygen atoms in total. The van der Waals surface area contributed by atoms with Crippen molar-refractivity contribution in [2.45, 2.75) is 53.5 Å². The van der Waals surface area contributed by atoms with Gasteiger partial charge in [0.2, 0.25) is 5.91 Å². The number of nitrogens with zero attached hydrogens (tertiary/aromatic N) is 1. The van der Waals surface area contributed by atoms with Crippen molar-refractivity contribution in [2.24, 2.45) is 23.2 Å². The third-order valence-corrected chi connectivity index (χ3v) is 4.95. The Morgan fingerprint density at radius 1 is 1.33 bits per heavy atom. The van der Waals surface area contributed by atoms with E-state index in [0.29, 0.717) is 17.9 Å². The molecule has 0 spiro atoms. The second-order valence-electron chi connectivity index (χ2n) is 7.10. The Kier molecular flexibility index (Phi) is 3.33. The molecule has 2 heteroatoms. The summed E-state index contributed by atoms with van der Waals surface area (Å²) < 4.78 is 0. The molecule has 0 aliphatic heterocycles. The zero-order valence-electron chi connectivity index (χ0n) is 12.7. The highest BCUT2D eigenvalue weighted by Crippen LogP contribution is 2.60. The molecule has 0 heterocycles. The van der Waals surface area contributed by atoms with E-state index in [0.717, 1.165) is 5.92 Å². The Labute approximate surface area is 111 Å². The largest absolute Gasteiger partial charge is 0.343 e. The molecule has 2 rings (SSSR count). The zero-order chi connectivity index (χ0) is 13.7. The molecule has 0 aromatic rings. The summed E-state index contributed by atoms with van der Waals surface area (Å²) in [5, 5.41) is 0. The summed E-state index contributed by atoms with van der Waals surface area (Å²) in [6, 6.07) is 0.418. The van der Waals surface area contributed by atoms with Gasteiger partial charge in [-0.15, -0.1) is 0 Å². The summed E-state index contributed by atoms with van der Waals surface area (Å²) in [7, 11) is 1.99. The van der Waals surface area contributed by atoms with E-state index in [1.165, 1.54) is 18.4 Å². The average molecular weight is 249 g/mol. The Morgan fingerprint density at radius 3 is 2.33 bits per heavy atom. The molecule has 0 aromatic heterocycles. The van der Waals surface area contributed by atoms with Crippen LogP contribution in [-0.4, -0.2) is 23.9 Å². The molecule has 0 radical (unpaired) electrons. The van der Waals surface area contributed by atoms with Gasteiger partial charge < -0.3 is 4.90 Å². The summed E-state index contributed by atoms with van der Waals surface area (Å²) in [6.45, 7) is 10.9. The van der Waals surface area contributed by atoms with Crippen molar-refractivity contribution >= 4 is 5.91 Å². The second kappa shape index (κ2) is 4.40. The fraction of sp³-hybridized carbons (Fsp3) is 0.812. The van der Waals surface area contributed by atoms with Crippen molar-refractivity contribution in [1.82, 2.24) is 4.90 Å². The first-order valence-corrected chi connectivity index (χ1v) is 7.18. The van der Waals surface area contributed by atoms with Crippen LogP contribution in [0.25, 0.3) is 0 Å². The first-order chi connectivity index (χ1) is 8.26. The van der Waals surface area contributed by atoms with E-state index in [9.17, 15) is 4.79 Å². The fourth-order valence-electron chi connectivity index (χ4n) is 3.13. The van der Waals surface area contributed by atoms with Crippen LogP contribution in [0.1, 0.15) is 47.5 Å². The lowest BCUT2D eigenvalue weighted by atomic mass is 10.1. The molecule has 2 aliphatic rings. The van der Waals surface area contributed by atoms with Crippen LogP contribution in [0.4, 0.5) is 0 Å². The smallest absolute Gasteiger partial charge is 0.226 e. The average Bonchev–Trinajstić information content (AvgIpc) is 3.14. The molecular weight excluding hydrogens is 222 g/mol. The quantitative estimate of drug-likeness (QED) is 0.699. The molecule has 102 valence electrons. The monoisotopic (exact) mass is 249 g/mol. The highest BCUT2D eigenvalue weighted by Gasteiger charge is 2.61. The standard InChI is InChI=1S/C16H27NO/c1-10(2)9-13-14(16(13,4)5)15(18)17(6)11(3)12-7-8-12/h9,11-14H,7-8H2,1-6H3. The van der Waals surface area contributed by atoms with Gasteiger partial charge in [-0.3, -0.25) is 4.79 Å². The van der Waals surface area contributed by atoms with Gasteiger partial charge in [0.15, 0.2) is 0 Å². The number of amides is 1. The number of hydrogen-bond acceptors (Lipinski definition) is 1. The maximum Gasteiger partial charge on any atom is 0.226 e. The van der Waals surface area contributed by atoms with Gasteiger partial charge in [-0.25, -0.2) is 0 Å². The van der Waals surface area contributed by atoms with Crippen LogP contribution in [0, 0.1) is 23.2 Å². The van der Waals surface area contributed by atoms with Crippen LogP contribution >= 0.6 is 0 Å². The minimum atomic E-state index is 0.145. The van der Waals surface area contributed by atoms with E-state index in [2.05, 4.69) is 40.7 Å². The molecule has 2 aliphatic carbocycles. The summed E-state index contributed by atoms with van der Waals surface area (Å²) in [6.07, 6.45) is 4.87. The van der Waals surface area contributed by atoms with Crippen molar-refractivity contribution in [3.63, 3.8) is 0 Å². The van der Waals surface area contributed by atoms with Gasteiger partial charge in [-0.2, -0.15) is 0 Å². The van der Waals surface area contributed by atoms with Crippen LogP contribution in [0.5, 0.6) is 0 Å². The zero-order valence-corrected chi connectivity index (χ0v) is 12.7. The van der Waals surface area contributed by atoms with Crippen LogP contribution < -0.4 is 0 Å². The molecule has 3 atom stereocenters. The first kappa shape index (κ1) is 13.6. The van der Waals surface area contributed by atoms with E-state index in [-0.39, 0.29) is 11.3 Å². The Morgan fingerprint density at radius 2 is 1.89 bits per heavy atom. The minimum Gasteiger partial charge on any atom is -0.343 e. The molecule has 0 aromatic carbocycles. The predicted octanol–water partition coefficient (Wildman–Crippen LogP) is 3.48. The van der Waals surface area contributed by atoms with Crippen LogP contribution in [0.15, 0.2) is 11.6 Å². The number of hydrogen-bond donors (Lipinski definition) is 0. The van der Waals surface area contributed by atoms with E-state index in [4.69, 9.17) is 0 Å². The molecule has 0 N–H and O–H groups in total. The third kappa shape index (κ3) is 2.34. The van der Waals surface area contributed by atoms with E-state index < -0.39 is 0 Å². The molecular formula is C16H27NO. The van der Waals surface area contributed by atoms with Crippen molar-refractivity contribution in [1.29, 1.82) is 0 Å². The van der Waals surface area contributed by atoms with Gasteiger partial charge in [0.1, 0.15) is 0 Å². The van der Waals surface area contributed by atoms with Gasteiger partial charge in [0.25, 0.3) is 0 Å². The van der Waals surface area contributed by atoms with Gasteiger partial charge in [0, 0.05) is 13.1 Å². The Hall–Kier alpha value is -0.790. The van der Waals surface area contributed by atoms with E-state index in [1.807, 2.05) is 11.9 Å². The summed E-state index contributed by atoms with van der Waals surface area (Å²) in [5.74, 6) is 1.73. The number of rotatable bonds is 4. The second-order valence-corrected chi connectivity index (χ2v) is 7.10. The van der Waals surface area contributed by atoms with Crippen molar-refractivity contribution in [3.8, 4) is 0 Å². The van der Waals surface area contributed by atoms with Gasteiger partial charge in [-0.05, 0) is 50.9 Å². The fourth-order valence-corrected chi connectivity index (χ4v) is 3.13. The highest BCUT2D eigenvalue weighted by atomic mass is 16.2. The van der Waals surface area contributed by atoms with E-state index in [1.54, 1.807) is 0 Å². The summed E-state index contributed by atoms with van der Waals surface area (Å²) in [4.78, 5) is 14.6. The molecule has 18 heavy (non-hydrogen) atoms. The van der Waals surface area contributed by atoms with Gasteiger partial charge in [0.05, 0.1) is 5.92 Å². The summed E-state index contributed by atoms with van der Waals surface area (Å²) >= 11 is 0. The van der Waals surface area contributed by atoms with Crippen molar-refractivity contribution in [3.05, 3.63) is 11.6 Å². The molecule has 0 bridgehead atoms. The van der Waals surface area contributed by atoms with Gasteiger partial charge >= 0.3 is 0 Å². The lowest BCUT2D eigenvalue weighted by Gasteiger charge is -2.25. The molecule has 1 amide bonds. The molecule has 0 saturated heterocycles. The maximum absolute atomic E-state index is 12.6. The number of allylic oxidation sites excluding steroid dienone is 2. The maximum atomic E-state index is 12.6. The van der Waals surface area contributed by atoms with Crippen LogP contribution in [0.3, 0.4) is 0 Å². The summed E-state index contributed by atoms with van der Waals surface area (Å²) in [5.41, 5.74) is 1.47. The minimum absolute atomic E-state index is 0.145. The predicted molar refractivity (Wildman–Crippen MR) is 75.1 cm³/mol. The van der Waals surface area contributed by atoms with Crippen LogP contribution in [0.2, 0.25) is 0 Å². The first-order valence-electron chi connectivity index (χ1n) is 7.18. The van der Waals surface area contributed by atoms with Gasteiger partial charge in [-0.1, -0.05) is 25.5 Å². The third-order valence-electron chi connectivity index (χ3n) is 4.95. The molecule has 3 unspecified atom stereocenters. The lowest BCUT2D eigenvalue weighted by molar-refractivity contribution is -0.134. The molecule has 2 saturated carbocycles. The SMILES string of the molecule is CC(C)=CC1C(C(=O)N(C)C(C)C2CC2)C1(C)C. The highest BCUT2D eigenvalue weighted by molar-refractivity contribution is 5.84. The lowest BCUT2D eigenvalue weighted by Crippen LogP contribution is -2.38. The van der Waals surface area contributed by atoms with Crippen LogP contribution in [-0.2, 0) is 4.79 Å². The Balaban J connectivity index is 2.03. The normalized spacial score (nSPS) is 30.6. The number of carbonyl (C=O) groups is 1. The van der Waals surface area contributed by atoms with E-state index >= 15 is 0 Å². The Bertz CT molecular complexity index is 375.